The Bertz CT molecular complexity index is 678. The van der Waals surface area contributed by atoms with Crippen molar-refractivity contribution in [3.8, 4) is 0 Å². The van der Waals surface area contributed by atoms with Gasteiger partial charge in [0.2, 0.25) is 5.91 Å². The molecule has 1 amide bonds. The van der Waals surface area contributed by atoms with E-state index in [4.69, 9.17) is 9.83 Å². The predicted octanol–water partition coefficient (Wildman–Crippen LogP) is 2.31. The molecule has 1 aromatic carbocycles. The van der Waals surface area contributed by atoms with Crippen molar-refractivity contribution in [2.75, 3.05) is 40.3 Å². The number of hydrogen-bond donors (Lipinski definition) is 0. The SMILES string of the molecule is CC(C)c1ccc(C2=NC(C)(CC(=O)N3CCN(C)CC3)ON2C)cc1. The number of aliphatic imine (C=N–C) groups is 1. The molecule has 1 atom stereocenters. The molecule has 26 heavy (non-hydrogen) atoms. The molecule has 1 saturated heterocycles. The highest BCUT2D eigenvalue weighted by Gasteiger charge is 2.39. The number of amides is 1. The predicted molar refractivity (Wildman–Crippen MR) is 103 cm³/mol. The third kappa shape index (κ3) is 4.07. The first-order chi connectivity index (χ1) is 12.3. The average molecular weight is 358 g/mol. The van der Waals surface area contributed by atoms with Gasteiger partial charge in [0.15, 0.2) is 11.6 Å². The van der Waals surface area contributed by atoms with Gasteiger partial charge in [-0.2, -0.15) is 0 Å². The Morgan fingerprint density at radius 1 is 1.15 bits per heavy atom. The summed E-state index contributed by atoms with van der Waals surface area (Å²) in [5, 5.41) is 1.68. The minimum absolute atomic E-state index is 0.106. The first kappa shape index (κ1) is 18.9. The molecule has 2 aliphatic heterocycles. The van der Waals surface area contributed by atoms with E-state index in [2.05, 4.69) is 50.1 Å². The molecule has 1 fully saturated rings. The van der Waals surface area contributed by atoms with Gasteiger partial charge in [-0.15, -0.1) is 0 Å². The second-order valence-corrected chi connectivity index (χ2v) is 7.84. The van der Waals surface area contributed by atoms with Crippen LogP contribution in [-0.2, 0) is 9.63 Å². The van der Waals surface area contributed by atoms with E-state index in [1.54, 1.807) is 5.06 Å². The monoisotopic (exact) mass is 358 g/mol. The molecule has 6 nitrogen and oxygen atoms in total. The number of likely N-dealkylation sites (N-methyl/N-ethyl adjacent to an activating group) is 1. The Labute approximate surface area is 156 Å². The molecule has 2 heterocycles. The summed E-state index contributed by atoms with van der Waals surface area (Å²) in [7, 11) is 3.93. The molecule has 3 rings (SSSR count). The molecule has 6 heteroatoms. The van der Waals surface area contributed by atoms with E-state index < -0.39 is 5.72 Å². The van der Waals surface area contributed by atoms with Gasteiger partial charge >= 0.3 is 0 Å². The molecular formula is C20H30N4O2. The first-order valence-corrected chi connectivity index (χ1v) is 9.37. The van der Waals surface area contributed by atoms with Crippen LogP contribution in [0.25, 0.3) is 0 Å². The summed E-state index contributed by atoms with van der Waals surface area (Å²) in [6.45, 7) is 9.62. The average Bonchev–Trinajstić information content (AvgIpc) is 2.89. The highest BCUT2D eigenvalue weighted by atomic mass is 16.7. The van der Waals surface area contributed by atoms with Gasteiger partial charge in [-0.25, -0.2) is 14.9 Å². The van der Waals surface area contributed by atoms with Crippen LogP contribution in [0.5, 0.6) is 0 Å². The van der Waals surface area contributed by atoms with Crippen LogP contribution in [0, 0.1) is 0 Å². The van der Waals surface area contributed by atoms with Crippen LogP contribution in [0.1, 0.15) is 44.2 Å². The number of carbonyl (C=O) groups excluding carboxylic acids is 1. The molecule has 0 bridgehead atoms. The van der Waals surface area contributed by atoms with Crippen LogP contribution in [-0.4, -0.2) is 72.6 Å². The van der Waals surface area contributed by atoms with Crippen molar-refractivity contribution >= 4 is 11.7 Å². The van der Waals surface area contributed by atoms with Crippen LogP contribution in [0.2, 0.25) is 0 Å². The van der Waals surface area contributed by atoms with E-state index in [1.165, 1.54) is 5.56 Å². The smallest absolute Gasteiger partial charge is 0.227 e. The van der Waals surface area contributed by atoms with Crippen molar-refractivity contribution in [1.82, 2.24) is 14.9 Å². The second-order valence-electron chi connectivity index (χ2n) is 7.84. The Morgan fingerprint density at radius 2 is 1.77 bits per heavy atom. The van der Waals surface area contributed by atoms with Crippen LogP contribution in [0.15, 0.2) is 29.3 Å². The number of carbonyl (C=O) groups is 1. The molecule has 1 unspecified atom stereocenters. The van der Waals surface area contributed by atoms with Gasteiger partial charge in [-0.05, 0) is 25.5 Å². The largest absolute Gasteiger partial charge is 0.340 e. The third-order valence-corrected chi connectivity index (χ3v) is 5.15. The number of hydroxylamine groups is 2. The van der Waals surface area contributed by atoms with Gasteiger partial charge in [0.1, 0.15) is 0 Å². The Kier molecular flexibility index (Phi) is 5.34. The zero-order valence-electron chi connectivity index (χ0n) is 16.5. The Balaban J connectivity index is 1.71. The van der Waals surface area contributed by atoms with E-state index in [9.17, 15) is 4.79 Å². The molecule has 0 radical (unpaired) electrons. The highest BCUT2D eigenvalue weighted by molar-refractivity contribution is 5.99. The first-order valence-electron chi connectivity index (χ1n) is 9.37. The molecule has 0 saturated carbocycles. The van der Waals surface area contributed by atoms with Crippen LogP contribution in [0.4, 0.5) is 0 Å². The molecule has 0 spiro atoms. The molecular weight excluding hydrogens is 328 g/mol. The van der Waals surface area contributed by atoms with E-state index >= 15 is 0 Å². The summed E-state index contributed by atoms with van der Waals surface area (Å²) in [6, 6.07) is 8.40. The van der Waals surface area contributed by atoms with E-state index in [0.717, 1.165) is 37.6 Å². The van der Waals surface area contributed by atoms with Gasteiger partial charge in [-0.3, -0.25) is 4.79 Å². The Morgan fingerprint density at radius 3 is 2.35 bits per heavy atom. The minimum Gasteiger partial charge on any atom is -0.340 e. The zero-order chi connectivity index (χ0) is 18.9. The fraction of sp³-hybridized carbons (Fsp3) is 0.600. The lowest BCUT2D eigenvalue weighted by Gasteiger charge is -2.33. The van der Waals surface area contributed by atoms with Crippen LogP contribution >= 0.6 is 0 Å². The molecule has 2 aliphatic rings. The van der Waals surface area contributed by atoms with Gasteiger partial charge in [0.25, 0.3) is 0 Å². The fourth-order valence-corrected chi connectivity index (χ4v) is 3.44. The molecule has 1 aromatic rings. The molecule has 0 N–H and O–H groups in total. The second kappa shape index (κ2) is 7.37. The number of benzene rings is 1. The molecule has 0 aliphatic carbocycles. The van der Waals surface area contributed by atoms with Crippen molar-refractivity contribution in [3.63, 3.8) is 0 Å². The van der Waals surface area contributed by atoms with Gasteiger partial charge in [0.05, 0.1) is 6.42 Å². The summed E-state index contributed by atoms with van der Waals surface area (Å²) >= 11 is 0. The van der Waals surface area contributed by atoms with Crippen LogP contribution < -0.4 is 0 Å². The van der Waals surface area contributed by atoms with Gasteiger partial charge in [0, 0.05) is 38.8 Å². The minimum atomic E-state index is -0.846. The van der Waals surface area contributed by atoms with Crippen molar-refractivity contribution in [2.24, 2.45) is 4.99 Å². The van der Waals surface area contributed by atoms with Gasteiger partial charge in [-0.1, -0.05) is 38.1 Å². The summed E-state index contributed by atoms with van der Waals surface area (Å²) in [5.41, 5.74) is 1.46. The van der Waals surface area contributed by atoms with Crippen molar-refractivity contribution < 1.29 is 9.63 Å². The number of rotatable bonds is 4. The summed E-state index contributed by atoms with van der Waals surface area (Å²) in [5.74, 6) is 1.37. The quantitative estimate of drug-likeness (QED) is 0.829. The number of amidine groups is 1. The normalized spacial score (nSPS) is 24.3. The lowest BCUT2D eigenvalue weighted by atomic mass is 10.0. The number of piperazine rings is 1. The maximum atomic E-state index is 12.7. The van der Waals surface area contributed by atoms with Crippen molar-refractivity contribution in [2.45, 2.75) is 38.8 Å². The van der Waals surface area contributed by atoms with E-state index in [0.29, 0.717) is 5.92 Å². The lowest BCUT2D eigenvalue weighted by molar-refractivity contribution is -0.171. The highest BCUT2D eigenvalue weighted by Crippen LogP contribution is 2.29. The molecule has 0 aromatic heterocycles. The van der Waals surface area contributed by atoms with E-state index in [1.807, 2.05) is 18.9 Å². The standard InChI is InChI=1S/C20H30N4O2/c1-15(2)16-6-8-17(9-7-16)19-21-20(3,26-23(19)5)14-18(25)24-12-10-22(4)11-13-24/h6-9,15H,10-14H2,1-5H3. The van der Waals surface area contributed by atoms with Crippen LogP contribution in [0.3, 0.4) is 0 Å². The lowest BCUT2D eigenvalue weighted by Crippen LogP contribution is -2.48. The summed E-state index contributed by atoms with van der Waals surface area (Å²) < 4.78 is 0. The van der Waals surface area contributed by atoms with Gasteiger partial charge < -0.3 is 9.80 Å². The molecule has 142 valence electrons. The van der Waals surface area contributed by atoms with Crippen molar-refractivity contribution in [3.05, 3.63) is 35.4 Å². The fourth-order valence-electron chi connectivity index (χ4n) is 3.44. The maximum absolute atomic E-state index is 12.7. The van der Waals surface area contributed by atoms with Crippen molar-refractivity contribution in [1.29, 1.82) is 0 Å². The van der Waals surface area contributed by atoms with E-state index in [-0.39, 0.29) is 12.3 Å². The topological polar surface area (TPSA) is 48.4 Å². The number of hydrogen-bond acceptors (Lipinski definition) is 5. The maximum Gasteiger partial charge on any atom is 0.227 e. The zero-order valence-corrected chi connectivity index (χ0v) is 16.5. The Hall–Kier alpha value is -1.92. The summed E-state index contributed by atoms with van der Waals surface area (Å²) in [6.07, 6.45) is 0.259. The number of nitrogens with zero attached hydrogens (tertiary/aromatic N) is 4. The summed E-state index contributed by atoms with van der Waals surface area (Å²) in [4.78, 5) is 27.5. The third-order valence-electron chi connectivity index (χ3n) is 5.15.